The van der Waals surface area contributed by atoms with E-state index in [2.05, 4.69) is 15.7 Å². The molecule has 1 heterocycles. The van der Waals surface area contributed by atoms with Crippen LogP contribution in [0.2, 0.25) is 0 Å². The molecule has 1 aromatic carbocycles. The fourth-order valence-electron chi connectivity index (χ4n) is 1.89. The molecule has 0 aliphatic carbocycles. The number of nitrogens with zero attached hydrogens (tertiary/aromatic N) is 2. The summed E-state index contributed by atoms with van der Waals surface area (Å²) in [5.41, 5.74) is 1.75. The highest BCUT2D eigenvalue weighted by molar-refractivity contribution is 5.96. The summed E-state index contributed by atoms with van der Waals surface area (Å²) in [6.45, 7) is 6.25. The van der Waals surface area contributed by atoms with Crippen molar-refractivity contribution in [3.8, 4) is 0 Å². The first-order valence-electron chi connectivity index (χ1n) is 6.85. The number of aromatic nitrogens is 2. The van der Waals surface area contributed by atoms with Gasteiger partial charge in [-0.3, -0.25) is 9.48 Å². The van der Waals surface area contributed by atoms with Gasteiger partial charge in [0, 0.05) is 12.7 Å². The van der Waals surface area contributed by atoms with Gasteiger partial charge in [0.05, 0.1) is 17.6 Å². The molecule has 0 aliphatic heterocycles. The quantitative estimate of drug-likeness (QED) is 0.890. The van der Waals surface area contributed by atoms with Crippen molar-refractivity contribution in [2.45, 2.75) is 33.4 Å². The monoisotopic (exact) mass is 290 g/mol. The van der Waals surface area contributed by atoms with Gasteiger partial charge in [-0.1, -0.05) is 6.07 Å². The van der Waals surface area contributed by atoms with Gasteiger partial charge < -0.3 is 10.6 Å². The van der Waals surface area contributed by atoms with Gasteiger partial charge in [-0.05, 0) is 38.5 Å². The lowest BCUT2D eigenvalue weighted by atomic mass is 10.2. The van der Waals surface area contributed by atoms with E-state index in [0.29, 0.717) is 0 Å². The molecule has 2 aromatic rings. The van der Waals surface area contributed by atoms with Crippen LogP contribution in [0.4, 0.5) is 15.8 Å². The third-order valence-electron chi connectivity index (χ3n) is 3.12. The standard InChI is InChI=1S/C15H19FN4O/c1-4-20-9-12(8-17-20)18-11(3)15(21)19-14-6-5-10(2)7-13(14)16/h5-9,11,18H,4H2,1-3H3,(H,19,21)/t11-/m1/s1. The van der Waals surface area contributed by atoms with Crippen LogP contribution in [0, 0.1) is 12.7 Å². The van der Waals surface area contributed by atoms with Crippen LogP contribution in [-0.4, -0.2) is 21.7 Å². The van der Waals surface area contributed by atoms with Crippen LogP contribution in [0.15, 0.2) is 30.6 Å². The highest BCUT2D eigenvalue weighted by Gasteiger charge is 2.15. The van der Waals surface area contributed by atoms with Crippen molar-refractivity contribution >= 4 is 17.3 Å². The molecule has 0 fully saturated rings. The van der Waals surface area contributed by atoms with Gasteiger partial charge in [-0.15, -0.1) is 0 Å². The van der Waals surface area contributed by atoms with Crippen molar-refractivity contribution in [3.05, 3.63) is 42.0 Å². The van der Waals surface area contributed by atoms with Crippen LogP contribution >= 0.6 is 0 Å². The Morgan fingerprint density at radius 3 is 2.86 bits per heavy atom. The van der Waals surface area contributed by atoms with Gasteiger partial charge in [0.2, 0.25) is 5.91 Å². The number of benzene rings is 1. The first-order valence-corrected chi connectivity index (χ1v) is 6.85. The average molecular weight is 290 g/mol. The minimum absolute atomic E-state index is 0.184. The Labute approximate surface area is 123 Å². The van der Waals surface area contributed by atoms with Crippen molar-refractivity contribution in [1.82, 2.24) is 9.78 Å². The maximum Gasteiger partial charge on any atom is 0.246 e. The molecule has 0 aliphatic rings. The van der Waals surface area contributed by atoms with Crippen molar-refractivity contribution in [1.29, 1.82) is 0 Å². The number of hydrogen-bond donors (Lipinski definition) is 2. The maximum atomic E-state index is 13.7. The summed E-state index contributed by atoms with van der Waals surface area (Å²) in [5, 5.41) is 9.72. The van der Waals surface area contributed by atoms with Gasteiger partial charge in [-0.25, -0.2) is 4.39 Å². The van der Waals surface area contributed by atoms with E-state index < -0.39 is 11.9 Å². The summed E-state index contributed by atoms with van der Waals surface area (Å²) in [6.07, 6.45) is 3.47. The number of amides is 1. The number of hydrogen-bond acceptors (Lipinski definition) is 3. The van der Waals surface area contributed by atoms with E-state index in [9.17, 15) is 9.18 Å². The molecule has 1 aromatic heterocycles. The van der Waals surface area contributed by atoms with Crippen molar-refractivity contribution in [2.24, 2.45) is 0 Å². The van der Waals surface area contributed by atoms with E-state index in [4.69, 9.17) is 0 Å². The van der Waals surface area contributed by atoms with E-state index in [1.165, 1.54) is 6.07 Å². The molecule has 6 heteroatoms. The zero-order chi connectivity index (χ0) is 15.4. The van der Waals surface area contributed by atoms with Gasteiger partial charge in [-0.2, -0.15) is 5.10 Å². The van der Waals surface area contributed by atoms with Gasteiger partial charge in [0.25, 0.3) is 0 Å². The van der Waals surface area contributed by atoms with Crippen molar-refractivity contribution < 1.29 is 9.18 Å². The Kier molecular flexibility index (Phi) is 4.57. The first kappa shape index (κ1) is 15.0. The number of carbonyl (C=O) groups is 1. The molecule has 0 saturated carbocycles. The van der Waals surface area contributed by atoms with E-state index in [-0.39, 0.29) is 11.6 Å². The van der Waals surface area contributed by atoms with Crippen LogP contribution in [0.1, 0.15) is 19.4 Å². The summed E-state index contributed by atoms with van der Waals surface area (Å²) in [6, 6.07) is 4.20. The Morgan fingerprint density at radius 2 is 2.24 bits per heavy atom. The minimum atomic E-state index is -0.500. The second-order valence-electron chi connectivity index (χ2n) is 4.92. The predicted octanol–water partition coefficient (Wildman–Crippen LogP) is 2.79. The summed E-state index contributed by atoms with van der Waals surface area (Å²) < 4.78 is 15.5. The summed E-state index contributed by atoms with van der Waals surface area (Å²) >= 11 is 0. The fourth-order valence-corrected chi connectivity index (χ4v) is 1.89. The molecule has 112 valence electrons. The van der Waals surface area contributed by atoms with E-state index >= 15 is 0 Å². The molecule has 2 N–H and O–H groups in total. The zero-order valence-corrected chi connectivity index (χ0v) is 12.4. The van der Waals surface area contributed by atoms with Crippen LogP contribution in [0.3, 0.4) is 0 Å². The maximum absolute atomic E-state index is 13.7. The Hall–Kier alpha value is -2.37. The third-order valence-corrected chi connectivity index (χ3v) is 3.12. The normalized spacial score (nSPS) is 12.0. The fraction of sp³-hybridized carbons (Fsp3) is 0.333. The molecule has 1 atom stereocenters. The second-order valence-corrected chi connectivity index (χ2v) is 4.92. The smallest absolute Gasteiger partial charge is 0.246 e. The SMILES string of the molecule is CCn1cc(N[C@H](C)C(=O)Nc2ccc(C)cc2F)cn1. The Bertz CT molecular complexity index is 638. The van der Waals surface area contributed by atoms with Crippen LogP contribution in [0.5, 0.6) is 0 Å². The highest BCUT2D eigenvalue weighted by Crippen LogP contribution is 2.16. The summed E-state index contributed by atoms with van der Waals surface area (Å²) in [4.78, 5) is 12.1. The predicted molar refractivity (Wildman–Crippen MR) is 80.8 cm³/mol. The Balaban J connectivity index is 1.99. The lowest BCUT2D eigenvalue weighted by Crippen LogP contribution is -2.32. The average Bonchev–Trinajstić information content (AvgIpc) is 2.89. The Morgan fingerprint density at radius 1 is 1.48 bits per heavy atom. The first-order chi connectivity index (χ1) is 9.99. The third kappa shape index (κ3) is 3.81. The highest BCUT2D eigenvalue weighted by atomic mass is 19.1. The topological polar surface area (TPSA) is 59.0 Å². The van der Waals surface area contributed by atoms with Crippen LogP contribution < -0.4 is 10.6 Å². The second kappa shape index (κ2) is 6.39. The number of anilines is 2. The van der Waals surface area contributed by atoms with E-state index in [0.717, 1.165) is 17.8 Å². The molecule has 1 amide bonds. The van der Waals surface area contributed by atoms with Crippen molar-refractivity contribution in [3.63, 3.8) is 0 Å². The lowest BCUT2D eigenvalue weighted by Gasteiger charge is -2.14. The molecule has 0 spiro atoms. The molecule has 2 rings (SSSR count). The summed E-state index contributed by atoms with van der Waals surface area (Å²) in [5.74, 6) is -0.739. The molecule has 5 nitrogen and oxygen atoms in total. The largest absolute Gasteiger partial charge is 0.371 e. The van der Waals surface area contributed by atoms with Crippen molar-refractivity contribution in [2.75, 3.05) is 10.6 Å². The molecular formula is C15H19FN4O. The molecule has 21 heavy (non-hydrogen) atoms. The number of carbonyl (C=O) groups excluding carboxylic acids is 1. The van der Waals surface area contributed by atoms with Gasteiger partial charge in [0.1, 0.15) is 11.9 Å². The molecule has 0 radical (unpaired) electrons. The molecule has 0 saturated heterocycles. The van der Waals surface area contributed by atoms with Crippen LogP contribution in [0.25, 0.3) is 0 Å². The van der Waals surface area contributed by atoms with Crippen LogP contribution in [-0.2, 0) is 11.3 Å². The van der Waals surface area contributed by atoms with E-state index in [1.54, 1.807) is 36.9 Å². The number of halogens is 1. The number of aryl methyl sites for hydroxylation is 2. The molecule has 0 unspecified atom stereocenters. The summed E-state index contributed by atoms with van der Waals surface area (Å²) in [7, 11) is 0. The number of nitrogens with one attached hydrogen (secondary N) is 2. The number of rotatable bonds is 5. The molecular weight excluding hydrogens is 271 g/mol. The zero-order valence-electron chi connectivity index (χ0n) is 12.4. The minimum Gasteiger partial charge on any atom is -0.371 e. The van der Waals surface area contributed by atoms with Gasteiger partial charge >= 0.3 is 0 Å². The molecule has 0 bridgehead atoms. The van der Waals surface area contributed by atoms with Gasteiger partial charge in [0.15, 0.2) is 0 Å². The lowest BCUT2D eigenvalue weighted by molar-refractivity contribution is -0.116. The van der Waals surface area contributed by atoms with E-state index in [1.807, 2.05) is 13.1 Å².